The fourth-order valence-electron chi connectivity index (χ4n) is 2.94. The Balaban J connectivity index is 3.69. The van der Waals surface area contributed by atoms with Crippen molar-refractivity contribution in [3.63, 3.8) is 0 Å². The molecule has 0 aromatic heterocycles. The van der Waals surface area contributed by atoms with Crippen molar-refractivity contribution in [3.05, 3.63) is 30.0 Å². The summed E-state index contributed by atoms with van der Waals surface area (Å²) in [5.41, 5.74) is -1.56. The first kappa shape index (κ1) is 43.1. The molecule has 2 N–H and O–H groups in total. The molecular weight excluding hydrogens is 731 g/mol. The Morgan fingerprint density at radius 1 is 0.633 bits per heavy atom. The van der Waals surface area contributed by atoms with Gasteiger partial charge < -0.3 is 14.2 Å². The van der Waals surface area contributed by atoms with Crippen molar-refractivity contribution in [2.45, 2.75) is 69.4 Å². The molecule has 0 heterocycles. The highest BCUT2D eigenvalue weighted by Gasteiger charge is 2.93. The van der Waals surface area contributed by atoms with Crippen LogP contribution in [0.2, 0.25) is 0 Å². The maximum Gasteiger partial charge on any atom is 0.460 e. The van der Waals surface area contributed by atoms with E-state index in [1.54, 1.807) is 19.2 Å². The first-order valence-electron chi connectivity index (χ1n) is 12.9. The van der Waals surface area contributed by atoms with Crippen LogP contribution in [0.25, 0.3) is 0 Å². The van der Waals surface area contributed by atoms with Gasteiger partial charge in [0.2, 0.25) is 5.83 Å². The number of halogens is 17. The van der Waals surface area contributed by atoms with Crippen LogP contribution in [-0.4, -0.2) is 67.1 Å². The Labute approximate surface area is 263 Å². The van der Waals surface area contributed by atoms with E-state index in [9.17, 15) is 84.2 Å². The normalized spacial score (nSPS) is 14.4. The summed E-state index contributed by atoms with van der Waals surface area (Å²) in [4.78, 5) is 23.9. The number of anilines is 2. The average Bonchev–Trinajstić information content (AvgIpc) is 2.94. The lowest BCUT2D eigenvalue weighted by molar-refractivity contribution is -0.451. The minimum atomic E-state index is -8.75. The summed E-state index contributed by atoms with van der Waals surface area (Å²) in [5.74, 6) is -57.2. The zero-order chi connectivity index (χ0) is 38.8. The van der Waals surface area contributed by atoms with Gasteiger partial charge in [-0.25, -0.2) is 9.59 Å². The Kier molecular flexibility index (Phi) is 12.8. The minimum absolute atomic E-state index is 0.216. The second kappa shape index (κ2) is 14.5. The van der Waals surface area contributed by atoms with Gasteiger partial charge in [0.05, 0.1) is 18.9 Å². The zero-order valence-electron chi connectivity index (χ0n) is 24.8. The third-order valence-corrected chi connectivity index (χ3v) is 5.54. The number of allylic oxidation sites excluding steroid dienone is 1. The molecule has 0 radical (unpaired) electrons. The molecule has 282 valence electrons. The Morgan fingerprint density at radius 2 is 1.04 bits per heavy atom. The highest BCUT2D eigenvalue weighted by Crippen LogP contribution is 2.63. The van der Waals surface area contributed by atoms with Crippen molar-refractivity contribution in [2.24, 2.45) is 11.8 Å². The predicted octanol–water partition coefficient (Wildman–Crippen LogP) is 9.96. The summed E-state index contributed by atoms with van der Waals surface area (Å²) in [6.07, 6.45) is -10.6. The molecule has 49 heavy (non-hydrogen) atoms. The highest BCUT2D eigenvalue weighted by molar-refractivity contribution is 5.89. The lowest BCUT2D eigenvalue weighted by Crippen LogP contribution is -2.72. The van der Waals surface area contributed by atoms with E-state index in [1.165, 1.54) is 13.8 Å². The summed E-state index contributed by atoms with van der Waals surface area (Å²) in [6.45, 7) is 5.69. The maximum absolute atomic E-state index is 14.5. The van der Waals surface area contributed by atoms with Crippen LogP contribution in [-0.2, 0) is 9.47 Å². The van der Waals surface area contributed by atoms with Crippen LogP contribution in [0.15, 0.2) is 30.0 Å². The third-order valence-electron chi connectivity index (χ3n) is 5.54. The van der Waals surface area contributed by atoms with Crippen LogP contribution in [0.4, 0.5) is 95.6 Å². The second-order valence-electron chi connectivity index (χ2n) is 10.6. The van der Waals surface area contributed by atoms with Crippen molar-refractivity contribution < 1.29 is 98.4 Å². The molecule has 0 bridgehead atoms. The van der Waals surface area contributed by atoms with Gasteiger partial charge in [0.25, 0.3) is 0 Å². The molecule has 1 rings (SSSR count). The van der Waals surface area contributed by atoms with E-state index in [0.29, 0.717) is 12.1 Å². The van der Waals surface area contributed by atoms with E-state index in [1.807, 2.05) is 5.32 Å². The summed E-state index contributed by atoms with van der Waals surface area (Å²) in [6, 6.07) is -2.03. The quantitative estimate of drug-likeness (QED) is 0.146. The van der Waals surface area contributed by atoms with Gasteiger partial charge in [-0.2, -0.15) is 74.6 Å². The number of hydrogen-bond acceptors (Lipinski definition) is 5. The van der Waals surface area contributed by atoms with E-state index in [0.717, 1.165) is 6.07 Å². The molecule has 2 amide bonds. The van der Waals surface area contributed by atoms with Crippen LogP contribution < -0.4 is 15.4 Å². The van der Waals surface area contributed by atoms with Gasteiger partial charge in [0.1, 0.15) is 0 Å². The number of carbonyl (C=O) groups excluding carboxylic acids is 2. The number of rotatable bonds is 14. The lowest BCUT2D eigenvalue weighted by Gasteiger charge is -2.41. The molecule has 0 spiro atoms. The third kappa shape index (κ3) is 8.65. The van der Waals surface area contributed by atoms with Crippen LogP contribution >= 0.6 is 0 Å². The molecule has 0 aliphatic heterocycles. The number of alkyl halides is 15. The van der Waals surface area contributed by atoms with Gasteiger partial charge in [-0.1, -0.05) is 27.7 Å². The van der Waals surface area contributed by atoms with Crippen molar-refractivity contribution >= 4 is 23.6 Å². The van der Waals surface area contributed by atoms with Crippen molar-refractivity contribution in [1.29, 1.82) is 0 Å². The molecular formula is C25H23F17N2O5. The monoisotopic (exact) mass is 754 g/mol. The molecule has 0 saturated carbocycles. The van der Waals surface area contributed by atoms with Gasteiger partial charge in [0, 0.05) is 11.8 Å². The first-order valence-corrected chi connectivity index (χ1v) is 12.9. The van der Waals surface area contributed by atoms with E-state index in [-0.39, 0.29) is 25.0 Å². The van der Waals surface area contributed by atoms with Gasteiger partial charge in [-0.05, 0) is 24.0 Å². The van der Waals surface area contributed by atoms with E-state index in [4.69, 9.17) is 4.74 Å². The Bertz CT molecular complexity index is 1380. The lowest BCUT2D eigenvalue weighted by atomic mass is 9.91. The molecule has 7 nitrogen and oxygen atoms in total. The van der Waals surface area contributed by atoms with E-state index >= 15 is 0 Å². The standard InChI is InChI=1S/C25H23F17N2O5/c1-10(2)8-47-17(45)43-12-5-6-13(44-18(46)48-9-11(3)4)14(7-12)49-16(27)15(26)19(28,29)20(30,31)21(32,33)22(34,35)23(36,37)24(38,39)25(40,41)42/h5-7,10-11H,8-9H2,1-4H3,(H,43,45)(H,44,46). The number of nitrogens with one attached hydrogen (secondary N) is 2. The SMILES string of the molecule is CC(C)COC(=O)Nc1ccc(NC(=O)OCC(C)C)c(OC(F)=C(F)C(F)(F)C(F)(F)C(F)(F)C(F)(F)C(F)(F)C(F)(F)C(F)(F)F)c1. The topological polar surface area (TPSA) is 85.9 Å². The van der Waals surface area contributed by atoms with Gasteiger partial charge in [-0.15, -0.1) is 0 Å². The number of carbonyl (C=O) groups is 2. The molecule has 0 aliphatic rings. The smallest absolute Gasteiger partial charge is 0.449 e. The van der Waals surface area contributed by atoms with Gasteiger partial charge in [-0.3, -0.25) is 10.6 Å². The van der Waals surface area contributed by atoms with Crippen molar-refractivity contribution in [3.8, 4) is 5.75 Å². The van der Waals surface area contributed by atoms with Gasteiger partial charge >= 0.3 is 59.9 Å². The summed E-state index contributed by atoms with van der Waals surface area (Å²) in [7, 11) is 0. The summed E-state index contributed by atoms with van der Waals surface area (Å²) in [5, 5.41) is 3.65. The highest BCUT2D eigenvalue weighted by atomic mass is 19.4. The molecule has 24 heteroatoms. The van der Waals surface area contributed by atoms with Crippen LogP contribution in [0, 0.1) is 11.8 Å². The predicted molar refractivity (Wildman–Crippen MR) is 132 cm³/mol. The molecule has 1 aromatic rings. The maximum atomic E-state index is 14.5. The minimum Gasteiger partial charge on any atom is -0.449 e. The molecule has 1 aromatic carbocycles. The Hall–Kier alpha value is -3.89. The molecule has 0 unspecified atom stereocenters. The van der Waals surface area contributed by atoms with E-state index < -0.39 is 82.9 Å². The molecule has 0 fully saturated rings. The molecule has 0 saturated heterocycles. The summed E-state index contributed by atoms with van der Waals surface area (Å²) < 4.78 is 244. The van der Waals surface area contributed by atoms with Crippen LogP contribution in [0.5, 0.6) is 5.75 Å². The second-order valence-corrected chi connectivity index (χ2v) is 10.6. The van der Waals surface area contributed by atoms with Crippen LogP contribution in [0.3, 0.4) is 0 Å². The fourth-order valence-corrected chi connectivity index (χ4v) is 2.94. The number of hydrogen-bond donors (Lipinski definition) is 2. The fraction of sp³-hybridized carbons (Fsp3) is 0.600. The molecule has 0 aliphatic carbocycles. The number of benzene rings is 1. The average molecular weight is 754 g/mol. The number of amides is 2. The van der Waals surface area contributed by atoms with Gasteiger partial charge in [0.15, 0.2) is 5.75 Å². The molecule has 0 atom stereocenters. The zero-order valence-corrected chi connectivity index (χ0v) is 24.8. The van der Waals surface area contributed by atoms with E-state index in [2.05, 4.69) is 9.47 Å². The number of ether oxygens (including phenoxy) is 3. The Morgan fingerprint density at radius 3 is 1.47 bits per heavy atom. The van der Waals surface area contributed by atoms with Crippen molar-refractivity contribution in [2.75, 3.05) is 23.8 Å². The van der Waals surface area contributed by atoms with Crippen LogP contribution in [0.1, 0.15) is 27.7 Å². The first-order chi connectivity index (χ1) is 21.8. The summed E-state index contributed by atoms with van der Waals surface area (Å²) >= 11 is 0. The van der Waals surface area contributed by atoms with Crippen molar-refractivity contribution in [1.82, 2.24) is 0 Å². The largest absolute Gasteiger partial charge is 0.460 e.